The summed E-state index contributed by atoms with van der Waals surface area (Å²) >= 11 is 4.36. The Morgan fingerprint density at radius 1 is 1.14 bits per heavy atom. The summed E-state index contributed by atoms with van der Waals surface area (Å²) in [6.45, 7) is 1.68. The highest BCUT2D eigenvalue weighted by Gasteiger charge is 2.10. The van der Waals surface area contributed by atoms with E-state index in [0.29, 0.717) is 11.3 Å². The molecule has 0 unspecified atom stereocenters. The summed E-state index contributed by atoms with van der Waals surface area (Å²) in [6.07, 6.45) is 0. The number of hydrogen-bond donors (Lipinski definition) is 1. The monoisotopic (exact) mass is 435 g/mol. The zero-order valence-electron chi connectivity index (χ0n) is 15.3. The average Bonchev–Trinajstić information content (AvgIpc) is 3.16. The van der Waals surface area contributed by atoms with Crippen molar-refractivity contribution in [1.82, 2.24) is 10.2 Å². The molecule has 0 aliphatic heterocycles. The SMILES string of the molecule is COc1ccc(CSc2nnc(SCC(=O)Nc3ccc(C)c(F)c3)s2)cc1. The molecule has 0 saturated heterocycles. The standard InChI is InChI=1S/C19H18FN3O2S3/c1-12-3-6-14(9-16(12)20)21-17(24)11-27-19-23-22-18(28-19)26-10-13-4-7-15(25-2)8-5-13/h3-9H,10-11H2,1-2H3,(H,21,24). The maximum absolute atomic E-state index is 13.5. The number of nitrogens with one attached hydrogen (secondary N) is 1. The predicted molar refractivity (Wildman–Crippen MR) is 113 cm³/mol. The molecule has 1 amide bonds. The van der Waals surface area contributed by atoms with Crippen LogP contribution in [0.1, 0.15) is 11.1 Å². The van der Waals surface area contributed by atoms with Crippen molar-refractivity contribution in [1.29, 1.82) is 0 Å². The van der Waals surface area contributed by atoms with Gasteiger partial charge >= 0.3 is 0 Å². The number of rotatable bonds is 8. The van der Waals surface area contributed by atoms with Gasteiger partial charge in [-0.2, -0.15) is 0 Å². The van der Waals surface area contributed by atoms with Gasteiger partial charge in [0.05, 0.1) is 12.9 Å². The van der Waals surface area contributed by atoms with E-state index < -0.39 is 0 Å². The Kier molecular flexibility index (Phi) is 7.30. The van der Waals surface area contributed by atoms with E-state index in [1.54, 1.807) is 37.9 Å². The van der Waals surface area contributed by atoms with Crippen molar-refractivity contribution >= 4 is 46.5 Å². The Morgan fingerprint density at radius 3 is 2.54 bits per heavy atom. The smallest absolute Gasteiger partial charge is 0.234 e. The third kappa shape index (κ3) is 5.95. The zero-order valence-corrected chi connectivity index (χ0v) is 17.7. The Balaban J connectivity index is 1.45. The number of thioether (sulfide) groups is 2. The van der Waals surface area contributed by atoms with Crippen LogP contribution in [-0.4, -0.2) is 29.0 Å². The molecular weight excluding hydrogens is 417 g/mol. The van der Waals surface area contributed by atoms with Gasteiger partial charge in [-0.1, -0.05) is 53.1 Å². The molecule has 0 fully saturated rings. The number of carbonyl (C=O) groups is 1. The quantitative estimate of drug-likeness (QED) is 0.502. The zero-order chi connectivity index (χ0) is 19.9. The van der Waals surface area contributed by atoms with Crippen LogP contribution < -0.4 is 10.1 Å². The molecule has 146 valence electrons. The third-order valence-electron chi connectivity index (χ3n) is 3.69. The molecule has 1 N–H and O–H groups in total. The van der Waals surface area contributed by atoms with Gasteiger partial charge in [-0.3, -0.25) is 4.79 Å². The summed E-state index contributed by atoms with van der Waals surface area (Å²) in [5.74, 6) is 1.25. The van der Waals surface area contributed by atoms with Gasteiger partial charge in [0.2, 0.25) is 5.91 Å². The lowest BCUT2D eigenvalue weighted by Gasteiger charge is -2.05. The van der Waals surface area contributed by atoms with Gasteiger partial charge < -0.3 is 10.1 Å². The first-order chi connectivity index (χ1) is 13.5. The fourth-order valence-corrected chi connectivity index (χ4v) is 4.95. The van der Waals surface area contributed by atoms with Gasteiger partial charge in [0.25, 0.3) is 0 Å². The summed E-state index contributed by atoms with van der Waals surface area (Å²) in [5.41, 5.74) is 2.16. The normalized spacial score (nSPS) is 10.7. The molecule has 9 heteroatoms. The minimum absolute atomic E-state index is 0.188. The molecule has 5 nitrogen and oxygen atoms in total. The van der Waals surface area contributed by atoms with Gasteiger partial charge in [0, 0.05) is 11.4 Å². The highest BCUT2D eigenvalue weighted by atomic mass is 32.2. The summed E-state index contributed by atoms with van der Waals surface area (Å²) in [7, 11) is 1.64. The van der Waals surface area contributed by atoms with Gasteiger partial charge in [-0.25, -0.2) is 4.39 Å². The third-order valence-corrected chi connectivity index (χ3v) is 6.95. The molecule has 0 aliphatic rings. The van der Waals surface area contributed by atoms with Crippen LogP contribution in [-0.2, 0) is 10.5 Å². The number of amides is 1. The maximum atomic E-state index is 13.5. The van der Waals surface area contributed by atoms with Crippen LogP contribution in [0.4, 0.5) is 10.1 Å². The van der Waals surface area contributed by atoms with E-state index in [1.165, 1.54) is 34.7 Å². The molecule has 0 atom stereocenters. The fraction of sp³-hybridized carbons (Fsp3) is 0.211. The molecule has 3 aromatic rings. The van der Waals surface area contributed by atoms with Crippen molar-refractivity contribution in [2.45, 2.75) is 21.4 Å². The van der Waals surface area contributed by atoms with E-state index in [-0.39, 0.29) is 17.5 Å². The van der Waals surface area contributed by atoms with Gasteiger partial charge in [0.1, 0.15) is 11.6 Å². The summed E-state index contributed by atoms with van der Waals surface area (Å²) in [4.78, 5) is 12.0. The first kappa shape index (κ1) is 20.6. The molecule has 0 saturated carbocycles. The Morgan fingerprint density at radius 2 is 1.86 bits per heavy atom. The molecule has 0 radical (unpaired) electrons. The number of halogens is 1. The van der Waals surface area contributed by atoms with Crippen molar-refractivity contribution in [3.05, 3.63) is 59.4 Å². The second-order valence-electron chi connectivity index (χ2n) is 5.77. The molecular formula is C19H18FN3O2S3. The van der Waals surface area contributed by atoms with Crippen molar-refractivity contribution in [2.75, 3.05) is 18.2 Å². The molecule has 1 heterocycles. The number of aromatic nitrogens is 2. The van der Waals surface area contributed by atoms with Crippen LogP contribution >= 0.6 is 34.9 Å². The number of benzene rings is 2. The first-order valence-electron chi connectivity index (χ1n) is 8.31. The first-order valence-corrected chi connectivity index (χ1v) is 11.1. The minimum Gasteiger partial charge on any atom is -0.497 e. The average molecular weight is 436 g/mol. The number of hydrogen-bond acceptors (Lipinski definition) is 7. The van der Waals surface area contributed by atoms with E-state index in [0.717, 1.165) is 20.2 Å². The van der Waals surface area contributed by atoms with E-state index in [4.69, 9.17) is 4.74 Å². The van der Waals surface area contributed by atoms with Crippen molar-refractivity contribution in [3.63, 3.8) is 0 Å². The van der Waals surface area contributed by atoms with E-state index in [1.807, 2.05) is 24.3 Å². The summed E-state index contributed by atoms with van der Waals surface area (Å²) in [5, 5.41) is 10.9. The topological polar surface area (TPSA) is 64.1 Å². The maximum Gasteiger partial charge on any atom is 0.234 e. The minimum atomic E-state index is -0.340. The fourth-order valence-electron chi connectivity index (χ4n) is 2.18. The number of carbonyl (C=O) groups excluding carboxylic acids is 1. The Labute approximate surface area is 175 Å². The van der Waals surface area contributed by atoms with Crippen molar-refractivity contribution in [3.8, 4) is 5.75 Å². The Bertz CT molecular complexity index is 948. The molecule has 3 rings (SSSR count). The molecule has 0 bridgehead atoms. The highest BCUT2D eigenvalue weighted by Crippen LogP contribution is 2.31. The molecule has 28 heavy (non-hydrogen) atoms. The summed E-state index contributed by atoms with van der Waals surface area (Å²) in [6, 6.07) is 12.5. The van der Waals surface area contributed by atoms with E-state index >= 15 is 0 Å². The molecule has 1 aromatic heterocycles. The number of ether oxygens (including phenoxy) is 1. The highest BCUT2D eigenvalue weighted by molar-refractivity contribution is 8.03. The number of anilines is 1. The Hall–Kier alpha value is -2.10. The van der Waals surface area contributed by atoms with Crippen LogP contribution in [0.5, 0.6) is 5.75 Å². The molecule has 2 aromatic carbocycles. The largest absolute Gasteiger partial charge is 0.497 e. The van der Waals surface area contributed by atoms with E-state index in [2.05, 4.69) is 15.5 Å². The lowest BCUT2D eigenvalue weighted by molar-refractivity contribution is -0.113. The number of methoxy groups -OCH3 is 1. The van der Waals surface area contributed by atoms with Crippen molar-refractivity contribution in [2.24, 2.45) is 0 Å². The predicted octanol–water partition coefficient (Wildman–Crippen LogP) is 5.02. The summed E-state index contributed by atoms with van der Waals surface area (Å²) < 4.78 is 20.3. The molecule has 0 spiro atoms. The van der Waals surface area contributed by atoms with E-state index in [9.17, 15) is 9.18 Å². The lowest BCUT2D eigenvalue weighted by Crippen LogP contribution is -2.14. The van der Waals surface area contributed by atoms with Gasteiger partial charge in [-0.05, 0) is 42.3 Å². The lowest BCUT2D eigenvalue weighted by atomic mass is 10.2. The van der Waals surface area contributed by atoms with Crippen LogP contribution in [0, 0.1) is 12.7 Å². The van der Waals surface area contributed by atoms with Gasteiger partial charge in [0.15, 0.2) is 8.68 Å². The molecule has 0 aliphatic carbocycles. The number of aryl methyl sites for hydroxylation is 1. The van der Waals surface area contributed by atoms with Crippen LogP contribution in [0.2, 0.25) is 0 Å². The number of nitrogens with zero attached hydrogens (tertiary/aromatic N) is 2. The van der Waals surface area contributed by atoms with Crippen molar-refractivity contribution < 1.29 is 13.9 Å². The second kappa shape index (κ2) is 9.90. The van der Waals surface area contributed by atoms with Crippen LogP contribution in [0.25, 0.3) is 0 Å². The van der Waals surface area contributed by atoms with Gasteiger partial charge in [-0.15, -0.1) is 10.2 Å². The van der Waals surface area contributed by atoms with Crippen LogP contribution in [0.15, 0.2) is 51.1 Å². The van der Waals surface area contributed by atoms with Crippen LogP contribution in [0.3, 0.4) is 0 Å². The second-order valence-corrected chi connectivity index (χ2v) is 9.19.